The maximum atomic E-state index is 12.2. The fourth-order valence-corrected chi connectivity index (χ4v) is 9.35. The highest BCUT2D eigenvalue weighted by Crippen LogP contribution is 2.42. The fraction of sp³-hybridized carbons (Fsp3) is 0.795. The number of piperidine rings is 2. The summed E-state index contributed by atoms with van der Waals surface area (Å²) in [7, 11) is 0. The number of hydrogen-bond acceptors (Lipinski definition) is 12. The highest BCUT2D eigenvalue weighted by molar-refractivity contribution is 5.83. The molecule has 14 nitrogen and oxygen atoms in total. The molecule has 0 bridgehead atoms. The highest BCUT2D eigenvalue weighted by Gasteiger charge is 2.42. The maximum absolute atomic E-state index is 12.2. The number of nitrogens with zero attached hydrogens (tertiary/aromatic N) is 6. The Bertz CT molecular complexity index is 1500. The zero-order valence-electron chi connectivity index (χ0n) is 32.0. The molecule has 6 heterocycles. The van der Waals surface area contributed by atoms with Crippen LogP contribution in [0.3, 0.4) is 0 Å². The molecule has 6 aliphatic rings. The lowest BCUT2D eigenvalue weighted by Crippen LogP contribution is -2.45. The van der Waals surface area contributed by atoms with Crippen LogP contribution in [0.1, 0.15) is 110 Å². The van der Waals surface area contributed by atoms with Gasteiger partial charge in [0.05, 0.1) is 81.3 Å². The van der Waals surface area contributed by atoms with E-state index < -0.39 is 0 Å². The van der Waals surface area contributed by atoms with E-state index in [9.17, 15) is 9.59 Å². The lowest BCUT2D eigenvalue weighted by atomic mass is 9.89. The third-order valence-corrected chi connectivity index (χ3v) is 12.7. The maximum Gasteiger partial charge on any atom is 0.310 e. The zero-order valence-corrected chi connectivity index (χ0v) is 32.0. The molecule has 4 saturated heterocycles. The van der Waals surface area contributed by atoms with Gasteiger partial charge < -0.3 is 39.2 Å². The first-order valence-corrected chi connectivity index (χ1v) is 20.3. The molecular weight excluding hydrogens is 678 g/mol. The van der Waals surface area contributed by atoms with E-state index in [-0.39, 0.29) is 41.7 Å². The van der Waals surface area contributed by atoms with Crippen LogP contribution < -0.4 is 15.5 Å². The van der Waals surface area contributed by atoms with Crippen molar-refractivity contribution >= 4 is 23.1 Å². The van der Waals surface area contributed by atoms with Gasteiger partial charge in [-0.3, -0.25) is 19.0 Å². The third-order valence-electron chi connectivity index (χ3n) is 12.7. The Balaban J connectivity index is 0.000000164. The molecule has 0 amide bonds. The number of hydrogen-bond donors (Lipinski definition) is 1. The number of Topliss-reactive ketones (excluding diaryl/α,β-unsaturated/α-hetero) is 1. The Morgan fingerprint density at radius 1 is 0.717 bits per heavy atom. The topological polar surface area (TPSA) is 148 Å². The first-order valence-electron chi connectivity index (χ1n) is 20.3. The van der Waals surface area contributed by atoms with Crippen LogP contribution in [0.2, 0.25) is 0 Å². The number of carbonyl (C=O) groups is 2. The average Bonchev–Trinajstić information content (AvgIpc) is 4.02. The van der Waals surface area contributed by atoms with Gasteiger partial charge in [-0.15, -0.1) is 0 Å². The Kier molecular flexibility index (Phi) is 12.1. The van der Waals surface area contributed by atoms with Gasteiger partial charge in [-0.2, -0.15) is 10.2 Å². The quantitative estimate of drug-likeness (QED) is 0.372. The summed E-state index contributed by atoms with van der Waals surface area (Å²) in [5, 5.41) is 9.29. The SMILES string of the molecule is CC1CCC(C(=O)CN)CN1c1cnn(C2CCC3(CC2)OCCO3)c1.CCOC(=O)C1CCC(C)N(c2cnn(C3CCC4(CC3)OCCO4)c2)C1. The second kappa shape index (κ2) is 16.8. The van der Waals surface area contributed by atoms with Gasteiger partial charge in [-0.1, -0.05) is 0 Å². The molecule has 2 N–H and O–H groups in total. The molecule has 6 fully saturated rings. The van der Waals surface area contributed by atoms with E-state index in [2.05, 4.69) is 55.6 Å². The summed E-state index contributed by atoms with van der Waals surface area (Å²) in [6.07, 6.45) is 19.8. The van der Waals surface area contributed by atoms with E-state index in [0.29, 0.717) is 63.7 Å². The van der Waals surface area contributed by atoms with Crippen LogP contribution in [-0.2, 0) is 33.3 Å². The number of carbonyl (C=O) groups excluding carboxylic acids is 2. The first kappa shape index (κ1) is 38.2. The standard InChI is InChI=1S/C20H31N3O4.C19H30N4O3/c1-3-25-19(24)16-5-4-15(2)22(13-16)18-12-21-23(14-18)17-6-8-20(9-7-17)26-10-11-27-20;1-14-2-3-15(18(24)10-20)12-22(14)17-11-21-23(13-17)16-4-6-19(7-5-16)25-8-9-26-19/h12,14-17H,3-11,13H2,1-2H3;11,13-16H,2-10,12,20H2,1H3. The van der Waals surface area contributed by atoms with Crippen LogP contribution in [-0.4, -0.2) is 108 Å². The Labute approximate surface area is 313 Å². The van der Waals surface area contributed by atoms with E-state index >= 15 is 0 Å². The number of ether oxygens (including phenoxy) is 5. The van der Waals surface area contributed by atoms with Crippen LogP contribution >= 0.6 is 0 Å². The van der Waals surface area contributed by atoms with E-state index in [1.165, 1.54) is 0 Å². The van der Waals surface area contributed by atoms with E-state index in [1.807, 2.05) is 19.3 Å². The summed E-state index contributed by atoms with van der Waals surface area (Å²) in [6.45, 7) is 11.2. The summed E-state index contributed by atoms with van der Waals surface area (Å²) in [5.41, 5.74) is 7.78. The minimum Gasteiger partial charge on any atom is -0.466 e. The van der Waals surface area contributed by atoms with Crippen LogP contribution in [0.5, 0.6) is 0 Å². The lowest BCUT2D eigenvalue weighted by Gasteiger charge is -2.38. The number of nitrogens with two attached hydrogens (primary N) is 1. The summed E-state index contributed by atoms with van der Waals surface area (Å²) < 4.78 is 32.7. The molecule has 2 spiro atoms. The minimum atomic E-state index is -0.333. The Hall–Kier alpha value is -3.04. The summed E-state index contributed by atoms with van der Waals surface area (Å²) in [6, 6.07) is 1.61. The molecule has 14 heteroatoms. The predicted molar refractivity (Wildman–Crippen MR) is 198 cm³/mol. The minimum absolute atomic E-state index is 0.0456. The second-order valence-electron chi connectivity index (χ2n) is 16.0. The second-order valence-corrected chi connectivity index (χ2v) is 16.0. The van der Waals surface area contributed by atoms with Crippen molar-refractivity contribution < 1.29 is 33.3 Å². The Morgan fingerprint density at radius 3 is 1.58 bits per heavy atom. The first-order chi connectivity index (χ1) is 25.7. The number of aromatic nitrogens is 4. The molecule has 4 aliphatic heterocycles. The zero-order chi connectivity index (χ0) is 37.0. The molecule has 0 aromatic carbocycles. The molecule has 2 aromatic rings. The van der Waals surface area contributed by atoms with E-state index in [0.717, 1.165) is 95.0 Å². The van der Waals surface area contributed by atoms with Crippen LogP contribution in [0.15, 0.2) is 24.8 Å². The number of rotatable bonds is 8. The van der Waals surface area contributed by atoms with Crippen molar-refractivity contribution in [3.63, 3.8) is 0 Å². The fourth-order valence-electron chi connectivity index (χ4n) is 9.35. The smallest absolute Gasteiger partial charge is 0.310 e. The summed E-state index contributed by atoms with van der Waals surface area (Å²) in [5.74, 6) is -0.564. The van der Waals surface area contributed by atoms with Crippen molar-refractivity contribution in [2.45, 2.75) is 134 Å². The van der Waals surface area contributed by atoms with Crippen molar-refractivity contribution in [2.24, 2.45) is 17.6 Å². The van der Waals surface area contributed by atoms with Gasteiger partial charge in [0.25, 0.3) is 0 Å². The van der Waals surface area contributed by atoms with Gasteiger partial charge in [0, 0.05) is 69.2 Å². The highest BCUT2D eigenvalue weighted by atomic mass is 16.7. The van der Waals surface area contributed by atoms with Crippen molar-refractivity contribution in [1.82, 2.24) is 19.6 Å². The summed E-state index contributed by atoms with van der Waals surface area (Å²) in [4.78, 5) is 28.8. The van der Waals surface area contributed by atoms with Crippen LogP contribution in [0, 0.1) is 11.8 Å². The van der Waals surface area contributed by atoms with Crippen molar-refractivity contribution in [3.05, 3.63) is 24.8 Å². The molecular formula is C39H61N7O7. The largest absolute Gasteiger partial charge is 0.466 e. The van der Waals surface area contributed by atoms with E-state index in [4.69, 9.17) is 29.4 Å². The Morgan fingerprint density at radius 2 is 1.15 bits per heavy atom. The predicted octanol–water partition coefficient (Wildman–Crippen LogP) is 4.78. The molecule has 2 aromatic heterocycles. The summed E-state index contributed by atoms with van der Waals surface area (Å²) >= 11 is 0. The van der Waals surface area contributed by atoms with Crippen molar-refractivity contribution in [3.8, 4) is 0 Å². The van der Waals surface area contributed by atoms with Crippen LogP contribution in [0.25, 0.3) is 0 Å². The van der Waals surface area contributed by atoms with Gasteiger partial charge in [0.2, 0.25) is 0 Å². The monoisotopic (exact) mass is 739 g/mol. The van der Waals surface area contributed by atoms with Gasteiger partial charge >= 0.3 is 5.97 Å². The lowest BCUT2D eigenvalue weighted by molar-refractivity contribution is -0.182. The molecule has 8 rings (SSSR count). The number of esters is 1. The van der Waals surface area contributed by atoms with Gasteiger partial charge in [-0.25, -0.2) is 0 Å². The molecule has 2 saturated carbocycles. The number of ketones is 1. The van der Waals surface area contributed by atoms with Crippen molar-refractivity contribution in [1.29, 1.82) is 0 Å². The van der Waals surface area contributed by atoms with Gasteiger partial charge in [-0.05, 0) is 72.1 Å². The molecule has 4 unspecified atom stereocenters. The third kappa shape index (κ3) is 8.61. The van der Waals surface area contributed by atoms with Gasteiger partial charge in [0.15, 0.2) is 17.4 Å². The molecule has 53 heavy (non-hydrogen) atoms. The average molecular weight is 740 g/mol. The van der Waals surface area contributed by atoms with Crippen molar-refractivity contribution in [2.75, 3.05) is 62.5 Å². The number of anilines is 2. The molecule has 4 atom stereocenters. The normalized spacial score (nSPS) is 30.0. The van der Waals surface area contributed by atoms with Crippen LogP contribution in [0.4, 0.5) is 11.4 Å². The molecule has 294 valence electrons. The molecule has 0 radical (unpaired) electrons. The molecule has 2 aliphatic carbocycles. The van der Waals surface area contributed by atoms with E-state index in [1.54, 1.807) is 0 Å². The van der Waals surface area contributed by atoms with Gasteiger partial charge in [0.1, 0.15) is 0 Å².